The Hall–Kier alpha value is -0.600. The fourth-order valence-corrected chi connectivity index (χ4v) is 3.48. The van der Waals surface area contributed by atoms with Crippen LogP contribution in [0.15, 0.2) is 34.0 Å². The van der Waals surface area contributed by atoms with E-state index in [1.807, 2.05) is 36.6 Å². The second-order valence-electron chi connectivity index (χ2n) is 3.60. The number of hydrogen-bond acceptors (Lipinski definition) is 4. The highest BCUT2D eigenvalue weighted by Gasteiger charge is 2.06. The third-order valence-electron chi connectivity index (χ3n) is 2.03. The highest BCUT2D eigenvalue weighted by atomic mass is 127. The van der Waals surface area contributed by atoms with Crippen molar-refractivity contribution in [1.82, 2.24) is 4.98 Å². The van der Waals surface area contributed by atoms with Crippen LogP contribution < -0.4 is 5.32 Å². The zero-order chi connectivity index (χ0) is 13.0. The molecule has 0 aliphatic carbocycles. The molecule has 1 amide bonds. The van der Waals surface area contributed by atoms with Crippen molar-refractivity contribution in [2.45, 2.75) is 11.3 Å². The number of aromatic nitrogens is 1. The molecular formula is C12H11IN2OS2. The number of anilines is 1. The van der Waals surface area contributed by atoms with Gasteiger partial charge in [-0.3, -0.25) is 4.79 Å². The van der Waals surface area contributed by atoms with Crippen molar-refractivity contribution >= 4 is 57.3 Å². The van der Waals surface area contributed by atoms with Crippen molar-refractivity contribution in [3.05, 3.63) is 38.9 Å². The second-order valence-corrected chi connectivity index (χ2v) is 6.93. The minimum atomic E-state index is -0.00477. The molecule has 3 nitrogen and oxygen atoms in total. The molecular weight excluding hydrogens is 379 g/mol. The van der Waals surface area contributed by atoms with Gasteiger partial charge in [-0.15, -0.1) is 11.3 Å². The van der Waals surface area contributed by atoms with E-state index in [1.165, 1.54) is 11.8 Å². The van der Waals surface area contributed by atoms with Gasteiger partial charge in [-0.05, 0) is 47.7 Å². The Morgan fingerprint density at radius 1 is 1.56 bits per heavy atom. The van der Waals surface area contributed by atoms with Crippen LogP contribution in [0.3, 0.4) is 0 Å². The molecule has 94 valence electrons. The SMILES string of the molecule is Cc1csc(SCC(=O)Nc2cccc(I)c2)n1. The third kappa shape index (κ3) is 4.25. The molecule has 1 heterocycles. The largest absolute Gasteiger partial charge is 0.325 e. The lowest BCUT2D eigenvalue weighted by Gasteiger charge is -2.04. The number of nitrogens with zero attached hydrogens (tertiary/aromatic N) is 1. The van der Waals surface area contributed by atoms with Gasteiger partial charge in [-0.1, -0.05) is 17.8 Å². The highest BCUT2D eigenvalue weighted by molar-refractivity contribution is 14.1. The summed E-state index contributed by atoms with van der Waals surface area (Å²) in [4.78, 5) is 16.1. The summed E-state index contributed by atoms with van der Waals surface area (Å²) in [6.45, 7) is 1.95. The zero-order valence-electron chi connectivity index (χ0n) is 9.64. The molecule has 6 heteroatoms. The van der Waals surface area contributed by atoms with E-state index in [9.17, 15) is 4.79 Å². The Kier molecular flexibility index (Phi) is 5.02. The molecule has 0 aliphatic rings. The summed E-state index contributed by atoms with van der Waals surface area (Å²) >= 11 is 5.26. The molecule has 0 spiro atoms. The van der Waals surface area contributed by atoms with Crippen LogP contribution in [0.2, 0.25) is 0 Å². The van der Waals surface area contributed by atoms with Gasteiger partial charge in [-0.2, -0.15) is 0 Å². The molecule has 0 atom stereocenters. The molecule has 18 heavy (non-hydrogen) atoms. The lowest BCUT2D eigenvalue weighted by Crippen LogP contribution is -2.13. The van der Waals surface area contributed by atoms with Crippen molar-refractivity contribution in [3.63, 3.8) is 0 Å². The van der Waals surface area contributed by atoms with Crippen molar-refractivity contribution in [2.75, 3.05) is 11.1 Å². The number of aryl methyl sites for hydroxylation is 1. The Labute approximate surface area is 128 Å². The number of carbonyl (C=O) groups excluding carboxylic acids is 1. The Balaban J connectivity index is 1.85. The monoisotopic (exact) mass is 390 g/mol. The molecule has 1 aromatic heterocycles. The first-order chi connectivity index (χ1) is 8.63. The minimum Gasteiger partial charge on any atom is -0.325 e. The number of benzene rings is 1. The fraction of sp³-hybridized carbons (Fsp3) is 0.167. The summed E-state index contributed by atoms with van der Waals surface area (Å²) < 4.78 is 2.04. The van der Waals surface area contributed by atoms with E-state index in [-0.39, 0.29) is 5.91 Å². The molecule has 1 aromatic carbocycles. The van der Waals surface area contributed by atoms with E-state index in [0.717, 1.165) is 19.3 Å². The van der Waals surface area contributed by atoms with Gasteiger partial charge in [-0.25, -0.2) is 4.98 Å². The number of halogens is 1. The normalized spacial score (nSPS) is 10.3. The van der Waals surface area contributed by atoms with Gasteiger partial charge in [0.15, 0.2) is 4.34 Å². The molecule has 0 fully saturated rings. The van der Waals surface area contributed by atoms with Crippen LogP contribution in [0.5, 0.6) is 0 Å². The number of hydrogen-bond donors (Lipinski definition) is 1. The smallest absolute Gasteiger partial charge is 0.234 e. The summed E-state index contributed by atoms with van der Waals surface area (Å²) in [7, 11) is 0. The first kappa shape index (κ1) is 13.8. The van der Waals surface area contributed by atoms with E-state index in [0.29, 0.717) is 5.75 Å². The van der Waals surface area contributed by atoms with Gasteiger partial charge in [0.05, 0.1) is 5.75 Å². The third-order valence-corrected chi connectivity index (χ3v) is 4.84. The van der Waals surface area contributed by atoms with Crippen LogP contribution in [0.1, 0.15) is 5.69 Å². The van der Waals surface area contributed by atoms with Crippen molar-refractivity contribution in [3.8, 4) is 0 Å². The molecule has 0 saturated carbocycles. The molecule has 1 N–H and O–H groups in total. The Morgan fingerprint density at radius 2 is 2.39 bits per heavy atom. The standard InChI is InChI=1S/C12H11IN2OS2/c1-8-6-17-12(14-8)18-7-11(16)15-10-4-2-3-9(13)5-10/h2-6H,7H2,1H3,(H,15,16). The van der Waals surface area contributed by atoms with E-state index >= 15 is 0 Å². The Morgan fingerprint density at radius 3 is 3.06 bits per heavy atom. The van der Waals surface area contributed by atoms with Crippen molar-refractivity contribution < 1.29 is 4.79 Å². The maximum atomic E-state index is 11.7. The van der Waals surface area contributed by atoms with E-state index in [2.05, 4.69) is 32.9 Å². The number of amides is 1. The summed E-state index contributed by atoms with van der Waals surface area (Å²) in [5.41, 5.74) is 1.84. The van der Waals surface area contributed by atoms with Gasteiger partial charge < -0.3 is 5.32 Å². The fourth-order valence-electron chi connectivity index (χ4n) is 1.29. The summed E-state index contributed by atoms with van der Waals surface area (Å²) in [5.74, 6) is 0.383. The van der Waals surface area contributed by atoms with Crippen LogP contribution in [0.25, 0.3) is 0 Å². The number of thioether (sulfide) groups is 1. The van der Waals surface area contributed by atoms with Gasteiger partial charge >= 0.3 is 0 Å². The molecule has 0 radical (unpaired) electrons. The van der Waals surface area contributed by atoms with Gasteiger partial charge in [0.25, 0.3) is 0 Å². The van der Waals surface area contributed by atoms with Crippen LogP contribution in [0.4, 0.5) is 5.69 Å². The van der Waals surface area contributed by atoms with Crippen LogP contribution in [-0.4, -0.2) is 16.6 Å². The first-order valence-electron chi connectivity index (χ1n) is 5.24. The summed E-state index contributed by atoms with van der Waals surface area (Å²) in [6, 6.07) is 7.74. The molecule has 0 unspecified atom stereocenters. The molecule has 0 bridgehead atoms. The average molecular weight is 390 g/mol. The van der Waals surface area contributed by atoms with Gasteiger partial charge in [0.2, 0.25) is 5.91 Å². The number of nitrogens with one attached hydrogen (secondary N) is 1. The Bertz CT molecular complexity index is 557. The molecule has 0 saturated heterocycles. The maximum Gasteiger partial charge on any atom is 0.234 e. The molecule has 0 aliphatic heterocycles. The van der Waals surface area contributed by atoms with E-state index in [4.69, 9.17) is 0 Å². The van der Waals surface area contributed by atoms with Crippen LogP contribution in [-0.2, 0) is 4.79 Å². The predicted octanol–water partition coefficient (Wildman–Crippen LogP) is 3.79. The lowest BCUT2D eigenvalue weighted by molar-refractivity contribution is -0.113. The van der Waals surface area contributed by atoms with E-state index < -0.39 is 0 Å². The number of thiazole rings is 1. The highest BCUT2D eigenvalue weighted by Crippen LogP contribution is 2.22. The quantitative estimate of drug-likeness (QED) is 0.638. The molecule has 2 aromatic rings. The van der Waals surface area contributed by atoms with Gasteiger partial charge in [0, 0.05) is 20.3 Å². The first-order valence-corrected chi connectivity index (χ1v) is 8.18. The second kappa shape index (κ2) is 6.53. The van der Waals surface area contributed by atoms with Crippen LogP contribution >= 0.6 is 45.7 Å². The predicted molar refractivity (Wildman–Crippen MR) is 85.4 cm³/mol. The summed E-state index contributed by atoms with van der Waals surface area (Å²) in [5, 5.41) is 4.86. The zero-order valence-corrected chi connectivity index (χ0v) is 13.4. The topological polar surface area (TPSA) is 42.0 Å². The lowest BCUT2D eigenvalue weighted by atomic mass is 10.3. The maximum absolute atomic E-state index is 11.7. The summed E-state index contributed by atoms with van der Waals surface area (Å²) in [6.07, 6.45) is 0. The van der Waals surface area contributed by atoms with Crippen molar-refractivity contribution in [1.29, 1.82) is 0 Å². The van der Waals surface area contributed by atoms with Crippen LogP contribution in [0, 0.1) is 10.5 Å². The minimum absolute atomic E-state index is 0.00477. The number of carbonyl (C=O) groups is 1. The van der Waals surface area contributed by atoms with E-state index in [1.54, 1.807) is 11.3 Å². The average Bonchev–Trinajstić information content (AvgIpc) is 2.73. The molecule has 2 rings (SSSR count). The number of rotatable bonds is 4. The van der Waals surface area contributed by atoms with Gasteiger partial charge in [0.1, 0.15) is 0 Å². The van der Waals surface area contributed by atoms with Crippen molar-refractivity contribution in [2.24, 2.45) is 0 Å².